The van der Waals surface area contributed by atoms with E-state index in [0.29, 0.717) is 12.1 Å². The number of thiophene rings is 1. The zero-order valence-electron chi connectivity index (χ0n) is 12.0. The Hall–Kier alpha value is -1.33. The van der Waals surface area contributed by atoms with Crippen molar-refractivity contribution in [3.8, 4) is 0 Å². The predicted molar refractivity (Wildman–Crippen MR) is 82.0 cm³/mol. The van der Waals surface area contributed by atoms with E-state index in [0.717, 1.165) is 24.8 Å². The lowest BCUT2D eigenvalue weighted by Gasteiger charge is -2.19. The van der Waals surface area contributed by atoms with E-state index < -0.39 is 0 Å². The van der Waals surface area contributed by atoms with Crippen molar-refractivity contribution in [2.24, 2.45) is 0 Å². The number of hydrogen-bond donors (Lipinski definition) is 1. The highest BCUT2D eigenvalue weighted by atomic mass is 32.1. The Labute approximate surface area is 123 Å². The molecule has 2 aromatic heterocycles. The molecule has 1 aliphatic carbocycles. The molecule has 3 rings (SSSR count). The van der Waals surface area contributed by atoms with Crippen molar-refractivity contribution in [2.75, 3.05) is 4.90 Å². The minimum Gasteiger partial charge on any atom is -0.432 e. The fourth-order valence-corrected chi connectivity index (χ4v) is 2.83. The van der Waals surface area contributed by atoms with Gasteiger partial charge < -0.3 is 14.6 Å². The van der Waals surface area contributed by atoms with Gasteiger partial charge in [-0.2, -0.15) is 4.98 Å². The summed E-state index contributed by atoms with van der Waals surface area (Å²) in [7, 11) is 0. The minimum atomic E-state index is 0.459. The molecule has 20 heavy (non-hydrogen) atoms. The fraction of sp³-hybridized carbons (Fsp3) is 0.533. The van der Waals surface area contributed by atoms with Crippen molar-refractivity contribution in [3.63, 3.8) is 0 Å². The minimum absolute atomic E-state index is 0.459. The summed E-state index contributed by atoms with van der Waals surface area (Å²) in [5, 5.41) is 5.48. The lowest BCUT2D eigenvalue weighted by Crippen LogP contribution is -2.25. The van der Waals surface area contributed by atoms with Crippen LogP contribution >= 0.6 is 11.3 Å². The average molecular weight is 291 g/mol. The first kappa shape index (κ1) is 13.6. The van der Waals surface area contributed by atoms with Gasteiger partial charge in [-0.15, -0.1) is 11.3 Å². The maximum absolute atomic E-state index is 5.69. The molecule has 0 bridgehead atoms. The van der Waals surface area contributed by atoms with Crippen molar-refractivity contribution in [2.45, 2.75) is 51.9 Å². The van der Waals surface area contributed by atoms with Crippen LogP contribution in [0, 0.1) is 0 Å². The predicted octanol–water partition coefficient (Wildman–Crippen LogP) is 3.40. The van der Waals surface area contributed by atoms with E-state index in [1.54, 1.807) is 17.6 Å². The third kappa shape index (κ3) is 3.41. The van der Waals surface area contributed by atoms with Gasteiger partial charge in [0.2, 0.25) is 0 Å². The van der Waals surface area contributed by atoms with Crippen molar-refractivity contribution < 1.29 is 4.42 Å². The first-order valence-electron chi connectivity index (χ1n) is 7.19. The second-order valence-corrected chi connectivity index (χ2v) is 6.63. The Kier molecular flexibility index (Phi) is 4.08. The number of nitrogens with one attached hydrogen (secondary N) is 1. The highest BCUT2D eigenvalue weighted by molar-refractivity contribution is 7.09. The number of hydrogen-bond acceptors (Lipinski definition) is 5. The van der Waals surface area contributed by atoms with E-state index in [-0.39, 0.29) is 0 Å². The molecule has 2 aromatic rings. The molecule has 0 aromatic carbocycles. The van der Waals surface area contributed by atoms with Gasteiger partial charge in [-0.3, -0.25) is 0 Å². The van der Waals surface area contributed by atoms with Gasteiger partial charge in [0.15, 0.2) is 0 Å². The summed E-state index contributed by atoms with van der Waals surface area (Å²) in [5.41, 5.74) is 0.977. The molecule has 4 nitrogen and oxygen atoms in total. The molecule has 108 valence electrons. The van der Waals surface area contributed by atoms with E-state index in [9.17, 15) is 0 Å². The maximum Gasteiger partial charge on any atom is 0.298 e. The number of anilines is 1. The quantitative estimate of drug-likeness (QED) is 0.849. The third-order valence-electron chi connectivity index (χ3n) is 3.37. The summed E-state index contributed by atoms with van der Waals surface area (Å²) < 4.78 is 5.69. The number of aromatic nitrogens is 1. The van der Waals surface area contributed by atoms with E-state index in [1.807, 2.05) is 0 Å². The van der Waals surface area contributed by atoms with Gasteiger partial charge in [0.25, 0.3) is 6.01 Å². The van der Waals surface area contributed by atoms with E-state index in [2.05, 4.69) is 46.6 Å². The standard InChI is InChI=1S/C15H21N3OS/c1-11(2)16-8-12-10-19-15(17-12)18(13-5-6-13)9-14-4-3-7-20-14/h3-4,7,10-11,13,16H,5-6,8-9H2,1-2H3. The monoisotopic (exact) mass is 291 g/mol. The molecule has 0 atom stereocenters. The van der Waals surface area contributed by atoms with Crippen molar-refractivity contribution >= 4 is 17.4 Å². The van der Waals surface area contributed by atoms with Crippen LogP contribution in [0.25, 0.3) is 0 Å². The Morgan fingerprint density at radius 2 is 2.35 bits per heavy atom. The highest BCUT2D eigenvalue weighted by Gasteiger charge is 2.32. The van der Waals surface area contributed by atoms with Crippen LogP contribution in [0.15, 0.2) is 28.2 Å². The van der Waals surface area contributed by atoms with Gasteiger partial charge in [0, 0.05) is 23.5 Å². The normalized spacial score (nSPS) is 14.9. The van der Waals surface area contributed by atoms with Crippen LogP contribution in [0.1, 0.15) is 37.3 Å². The molecule has 2 heterocycles. The zero-order valence-corrected chi connectivity index (χ0v) is 12.8. The molecule has 0 aliphatic heterocycles. The second-order valence-electron chi connectivity index (χ2n) is 5.60. The summed E-state index contributed by atoms with van der Waals surface area (Å²) >= 11 is 1.79. The van der Waals surface area contributed by atoms with Crippen LogP contribution in [0.5, 0.6) is 0 Å². The Bertz CT molecular complexity index is 531. The molecule has 0 amide bonds. The second kappa shape index (κ2) is 5.97. The molecule has 1 saturated carbocycles. The summed E-state index contributed by atoms with van der Waals surface area (Å²) in [6.07, 6.45) is 4.26. The fourth-order valence-electron chi connectivity index (χ4n) is 2.13. The highest BCUT2D eigenvalue weighted by Crippen LogP contribution is 2.33. The van der Waals surface area contributed by atoms with E-state index >= 15 is 0 Å². The number of oxazole rings is 1. The molecule has 1 N–H and O–H groups in total. The molecule has 0 spiro atoms. The van der Waals surface area contributed by atoms with Gasteiger partial charge >= 0.3 is 0 Å². The number of nitrogens with zero attached hydrogens (tertiary/aromatic N) is 2. The molecular formula is C15H21N3OS. The maximum atomic E-state index is 5.69. The van der Waals surface area contributed by atoms with Crippen molar-refractivity contribution in [1.29, 1.82) is 0 Å². The number of rotatable bonds is 7. The first-order valence-corrected chi connectivity index (χ1v) is 8.07. The molecule has 1 aliphatic rings. The molecule has 1 fully saturated rings. The van der Waals surface area contributed by atoms with E-state index in [4.69, 9.17) is 4.42 Å². The molecule has 0 saturated heterocycles. The summed E-state index contributed by atoms with van der Waals surface area (Å²) in [6.45, 7) is 5.93. The molecule has 5 heteroatoms. The Morgan fingerprint density at radius 1 is 1.50 bits per heavy atom. The van der Waals surface area contributed by atoms with Gasteiger partial charge in [-0.05, 0) is 24.3 Å². The van der Waals surface area contributed by atoms with Crippen LogP contribution in [0.3, 0.4) is 0 Å². The van der Waals surface area contributed by atoms with Crippen LogP contribution in [0.2, 0.25) is 0 Å². The Balaban J connectivity index is 1.68. The molecule has 0 radical (unpaired) electrons. The SMILES string of the molecule is CC(C)NCc1coc(N(Cc2cccs2)C2CC2)n1. The van der Waals surface area contributed by atoms with Gasteiger partial charge in [0.05, 0.1) is 12.2 Å². The van der Waals surface area contributed by atoms with Crippen LogP contribution < -0.4 is 10.2 Å². The van der Waals surface area contributed by atoms with Crippen LogP contribution in [-0.4, -0.2) is 17.1 Å². The van der Waals surface area contributed by atoms with Crippen molar-refractivity contribution in [1.82, 2.24) is 10.3 Å². The Morgan fingerprint density at radius 3 is 3.00 bits per heavy atom. The van der Waals surface area contributed by atoms with Gasteiger partial charge in [-0.1, -0.05) is 19.9 Å². The summed E-state index contributed by atoms with van der Waals surface area (Å²) in [5.74, 6) is 0. The average Bonchev–Trinajstić information content (AvgIpc) is 2.95. The topological polar surface area (TPSA) is 41.3 Å². The van der Waals surface area contributed by atoms with Crippen LogP contribution in [0.4, 0.5) is 6.01 Å². The first-order chi connectivity index (χ1) is 9.72. The lowest BCUT2D eigenvalue weighted by molar-refractivity contribution is 0.527. The summed E-state index contributed by atoms with van der Waals surface area (Å²) in [4.78, 5) is 8.28. The zero-order chi connectivity index (χ0) is 13.9. The van der Waals surface area contributed by atoms with Gasteiger partial charge in [-0.25, -0.2) is 0 Å². The summed E-state index contributed by atoms with van der Waals surface area (Å²) in [6, 6.07) is 6.09. The smallest absolute Gasteiger partial charge is 0.298 e. The van der Waals surface area contributed by atoms with Gasteiger partial charge in [0.1, 0.15) is 6.26 Å². The molecular weight excluding hydrogens is 270 g/mol. The lowest BCUT2D eigenvalue weighted by atomic mass is 10.4. The largest absolute Gasteiger partial charge is 0.432 e. The van der Waals surface area contributed by atoms with E-state index in [1.165, 1.54) is 17.7 Å². The third-order valence-corrected chi connectivity index (χ3v) is 4.23. The molecule has 0 unspecified atom stereocenters. The van der Waals surface area contributed by atoms with Crippen LogP contribution in [-0.2, 0) is 13.1 Å². The van der Waals surface area contributed by atoms with Crippen molar-refractivity contribution in [3.05, 3.63) is 34.3 Å².